The molecule has 1 unspecified atom stereocenters. The van der Waals surface area contributed by atoms with Crippen molar-refractivity contribution in [3.05, 3.63) is 65.7 Å². The van der Waals surface area contributed by atoms with Gasteiger partial charge in [0.15, 0.2) is 5.92 Å². The number of rotatable bonds is 11. The van der Waals surface area contributed by atoms with Gasteiger partial charge >= 0.3 is 7.12 Å². The fourth-order valence-corrected chi connectivity index (χ4v) is 3.11. The number of nitrogens with one attached hydrogen (secondary N) is 2. The lowest BCUT2D eigenvalue weighted by Crippen LogP contribution is -2.48. The van der Waals surface area contributed by atoms with Gasteiger partial charge in [0.2, 0.25) is 11.8 Å². The molecule has 0 aliphatic rings. The zero-order valence-corrected chi connectivity index (χ0v) is 19.0. The summed E-state index contributed by atoms with van der Waals surface area (Å²) in [5.74, 6) is 3.55. The molecule has 0 bridgehead atoms. The van der Waals surface area contributed by atoms with Crippen molar-refractivity contribution in [2.75, 3.05) is 13.7 Å². The number of nitrogens with zero attached hydrogens (tertiary/aromatic N) is 1. The molecule has 2 amide bonds. The molecule has 8 nitrogen and oxygen atoms in total. The molecule has 4 N–H and O–H groups in total. The molecular weight excluding hydrogens is 433 g/mol. The molecule has 0 aliphatic heterocycles. The summed E-state index contributed by atoms with van der Waals surface area (Å²) in [6.07, 6.45) is 1.45. The maximum Gasteiger partial charge on any atom is 0.475 e. The molecular formula is C25H28BN3O5. The first-order valence-corrected chi connectivity index (χ1v) is 10.9. The third-order valence-corrected chi connectivity index (χ3v) is 4.92. The smallest absolute Gasteiger partial charge is 0.475 e. The van der Waals surface area contributed by atoms with Gasteiger partial charge in [0, 0.05) is 13.5 Å². The topological polar surface area (TPSA) is 132 Å². The monoisotopic (exact) mass is 461 g/mol. The van der Waals surface area contributed by atoms with Gasteiger partial charge in [0.1, 0.15) is 5.75 Å². The minimum atomic E-state index is -1.68. The lowest BCUT2D eigenvalue weighted by molar-refractivity contribution is -0.122. The van der Waals surface area contributed by atoms with Crippen molar-refractivity contribution < 1.29 is 24.4 Å². The molecule has 2 aromatic rings. The van der Waals surface area contributed by atoms with Crippen molar-refractivity contribution in [1.82, 2.24) is 10.6 Å². The second kappa shape index (κ2) is 14.4. The number of carbonyl (C=O) groups excluding carboxylic acids is 2. The Bertz CT molecular complexity index is 1040. The minimum absolute atomic E-state index is 0.0583. The Morgan fingerprint density at radius 1 is 1.12 bits per heavy atom. The van der Waals surface area contributed by atoms with Crippen LogP contribution in [0.2, 0.25) is 0 Å². The van der Waals surface area contributed by atoms with Crippen LogP contribution in [0.5, 0.6) is 5.75 Å². The molecule has 2 aromatic carbocycles. The molecule has 0 fully saturated rings. The van der Waals surface area contributed by atoms with Crippen LogP contribution in [0.15, 0.2) is 54.6 Å². The zero-order chi connectivity index (χ0) is 24.8. The Hall–Kier alpha value is -3.79. The van der Waals surface area contributed by atoms with Crippen LogP contribution in [0.4, 0.5) is 0 Å². The number of hydrogen-bond acceptors (Lipinski definition) is 6. The van der Waals surface area contributed by atoms with Crippen molar-refractivity contribution in [3.63, 3.8) is 0 Å². The van der Waals surface area contributed by atoms with Gasteiger partial charge in [-0.25, -0.2) is 0 Å². The van der Waals surface area contributed by atoms with Crippen LogP contribution in [0, 0.1) is 29.1 Å². The minimum Gasteiger partial charge on any atom is -0.493 e. The van der Waals surface area contributed by atoms with E-state index in [0.717, 1.165) is 11.1 Å². The van der Waals surface area contributed by atoms with Crippen molar-refractivity contribution in [2.45, 2.75) is 31.6 Å². The lowest BCUT2D eigenvalue weighted by Gasteiger charge is -2.18. The highest BCUT2D eigenvalue weighted by Crippen LogP contribution is 2.15. The summed E-state index contributed by atoms with van der Waals surface area (Å²) >= 11 is 0. The van der Waals surface area contributed by atoms with E-state index in [0.29, 0.717) is 25.0 Å². The molecule has 0 aliphatic carbocycles. The molecule has 9 heteroatoms. The average molecular weight is 461 g/mol. The van der Waals surface area contributed by atoms with Crippen LogP contribution < -0.4 is 15.4 Å². The first-order valence-electron chi connectivity index (χ1n) is 10.9. The second-order valence-corrected chi connectivity index (χ2v) is 7.52. The van der Waals surface area contributed by atoms with E-state index < -0.39 is 24.9 Å². The number of aryl methyl sites for hydroxylation is 1. The van der Waals surface area contributed by atoms with Crippen LogP contribution in [0.1, 0.15) is 24.0 Å². The van der Waals surface area contributed by atoms with Crippen molar-refractivity contribution in [3.8, 4) is 23.7 Å². The van der Waals surface area contributed by atoms with Gasteiger partial charge in [0.25, 0.3) is 0 Å². The fourth-order valence-electron chi connectivity index (χ4n) is 3.11. The van der Waals surface area contributed by atoms with Gasteiger partial charge in [-0.05, 0) is 36.1 Å². The molecule has 0 radical (unpaired) electrons. The molecule has 0 aromatic heterocycles. The van der Waals surface area contributed by atoms with E-state index in [4.69, 9.17) is 10.00 Å². The zero-order valence-electron chi connectivity index (χ0n) is 19.0. The van der Waals surface area contributed by atoms with Gasteiger partial charge in [0.05, 0.1) is 25.0 Å². The maximum atomic E-state index is 12.2. The number of hydrogen-bond donors (Lipinski definition) is 4. The van der Waals surface area contributed by atoms with E-state index in [-0.39, 0.29) is 18.9 Å². The number of benzene rings is 2. The Labute approximate surface area is 200 Å². The van der Waals surface area contributed by atoms with Gasteiger partial charge in [-0.15, -0.1) is 5.92 Å². The summed E-state index contributed by atoms with van der Waals surface area (Å²) in [6.45, 7) is 0.130. The summed E-state index contributed by atoms with van der Waals surface area (Å²) in [6, 6.07) is 18.5. The van der Waals surface area contributed by atoms with Gasteiger partial charge < -0.3 is 25.4 Å². The summed E-state index contributed by atoms with van der Waals surface area (Å²) in [7, 11) is -0.215. The molecule has 34 heavy (non-hydrogen) atoms. The van der Waals surface area contributed by atoms with E-state index >= 15 is 0 Å². The quantitative estimate of drug-likeness (QED) is 0.292. The van der Waals surface area contributed by atoms with Crippen LogP contribution >= 0.6 is 0 Å². The highest BCUT2D eigenvalue weighted by molar-refractivity contribution is 6.43. The molecule has 2 atom stereocenters. The maximum absolute atomic E-state index is 12.2. The van der Waals surface area contributed by atoms with Crippen molar-refractivity contribution in [2.24, 2.45) is 5.92 Å². The van der Waals surface area contributed by atoms with Crippen LogP contribution in [-0.4, -0.2) is 48.6 Å². The van der Waals surface area contributed by atoms with E-state index in [2.05, 4.69) is 22.5 Å². The van der Waals surface area contributed by atoms with E-state index in [1.165, 1.54) is 7.05 Å². The SMILES string of the molecule is CNC(=O)C(C#N)C#CCCc1cccc(OCCC(=O)N[C@@H](Cc2ccccc2)B(O)O)c1. The third kappa shape index (κ3) is 9.37. The Morgan fingerprint density at radius 2 is 1.85 bits per heavy atom. The molecule has 0 saturated carbocycles. The molecule has 2 rings (SSSR count). The summed E-state index contributed by atoms with van der Waals surface area (Å²) in [4.78, 5) is 23.7. The van der Waals surface area contributed by atoms with Gasteiger partial charge in [-0.3, -0.25) is 9.59 Å². The highest BCUT2D eigenvalue weighted by Gasteiger charge is 2.25. The molecule has 176 valence electrons. The number of carbonyl (C=O) groups is 2. The predicted molar refractivity (Wildman–Crippen MR) is 128 cm³/mol. The first kappa shape index (κ1) is 26.5. The largest absolute Gasteiger partial charge is 0.493 e. The lowest BCUT2D eigenvalue weighted by atomic mass is 9.76. The standard InChI is InChI=1S/C25H28BN3O5/c1-28-25(31)21(18-27)12-6-5-10-19-11-7-13-22(16-19)34-15-14-24(30)29-23(26(32)33)17-20-8-3-2-4-9-20/h2-4,7-9,11,13,16,21,23,32-33H,5,10,14-15,17H2,1H3,(H,28,31)(H,29,30)/t21?,23-/m0/s1. The fraction of sp³-hybridized carbons (Fsp3) is 0.320. The molecule has 0 saturated heterocycles. The van der Waals surface area contributed by atoms with E-state index in [1.54, 1.807) is 6.07 Å². The van der Waals surface area contributed by atoms with Crippen LogP contribution in [0.3, 0.4) is 0 Å². The van der Waals surface area contributed by atoms with Gasteiger partial charge in [-0.2, -0.15) is 5.26 Å². The first-order chi connectivity index (χ1) is 16.4. The predicted octanol–water partition coefficient (Wildman–Crippen LogP) is 1.02. The average Bonchev–Trinajstić information content (AvgIpc) is 2.84. The number of nitriles is 1. The van der Waals surface area contributed by atoms with Crippen molar-refractivity contribution in [1.29, 1.82) is 5.26 Å². The van der Waals surface area contributed by atoms with Crippen LogP contribution in [0.25, 0.3) is 0 Å². The summed E-state index contributed by atoms with van der Waals surface area (Å²) in [5.41, 5.74) is 1.85. The highest BCUT2D eigenvalue weighted by atomic mass is 16.5. The Balaban J connectivity index is 1.79. The number of ether oxygens (including phenoxy) is 1. The normalized spacial score (nSPS) is 11.7. The third-order valence-electron chi connectivity index (χ3n) is 4.92. The van der Waals surface area contributed by atoms with E-state index in [9.17, 15) is 19.6 Å². The number of amides is 2. The molecule has 0 spiro atoms. The van der Waals surface area contributed by atoms with Gasteiger partial charge in [-0.1, -0.05) is 48.4 Å². The summed E-state index contributed by atoms with van der Waals surface area (Å²) < 4.78 is 5.67. The Kier molecular flexibility index (Phi) is 11.2. The second-order valence-electron chi connectivity index (χ2n) is 7.52. The van der Waals surface area contributed by atoms with Crippen LogP contribution in [-0.2, 0) is 22.4 Å². The Morgan fingerprint density at radius 3 is 2.53 bits per heavy atom. The van der Waals surface area contributed by atoms with Crippen molar-refractivity contribution >= 4 is 18.9 Å². The molecule has 0 heterocycles. The van der Waals surface area contributed by atoms with E-state index in [1.807, 2.05) is 54.6 Å². The summed E-state index contributed by atoms with van der Waals surface area (Å²) in [5, 5.41) is 33.2.